The number of hydrogen-bond acceptors (Lipinski definition) is 5. The largest absolute Gasteiger partial charge is 0.465 e. The first-order chi connectivity index (χ1) is 18.3. The van der Waals surface area contributed by atoms with E-state index in [-0.39, 0.29) is 37.3 Å². The van der Waals surface area contributed by atoms with E-state index in [0.29, 0.717) is 38.2 Å². The zero-order valence-corrected chi connectivity index (χ0v) is 21.0. The molecule has 3 aromatic rings. The van der Waals surface area contributed by atoms with Gasteiger partial charge in [-0.1, -0.05) is 60.7 Å². The second kappa shape index (κ2) is 10.7. The van der Waals surface area contributed by atoms with Crippen LogP contribution in [0.15, 0.2) is 77.9 Å². The maximum atomic E-state index is 13.5. The summed E-state index contributed by atoms with van der Waals surface area (Å²) < 4.78 is 1.42. The summed E-state index contributed by atoms with van der Waals surface area (Å²) in [5.74, 6) is 0. The molecule has 3 amide bonds. The SMILES string of the molecule is O=C(O)N1CCN(C(=O)N2CCC(O)(Cn3cnc(-c4ccccc4)cc3=O)CC2)C(c2ccccc2)C1. The Kier molecular flexibility index (Phi) is 7.15. The Hall–Kier alpha value is -4.18. The van der Waals surface area contributed by atoms with E-state index in [1.165, 1.54) is 21.9 Å². The fraction of sp³-hybridized carbons (Fsp3) is 0.357. The molecule has 0 spiro atoms. The van der Waals surface area contributed by atoms with Gasteiger partial charge in [0, 0.05) is 44.4 Å². The molecule has 0 radical (unpaired) electrons. The highest BCUT2D eigenvalue weighted by molar-refractivity contribution is 5.76. The van der Waals surface area contributed by atoms with Gasteiger partial charge in [-0.25, -0.2) is 14.6 Å². The van der Waals surface area contributed by atoms with E-state index in [2.05, 4.69) is 4.98 Å². The van der Waals surface area contributed by atoms with Gasteiger partial charge in [0.15, 0.2) is 0 Å². The molecule has 10 heteroatoms. The van der Waals surface area contributed by atoms with Crippen LogP contribution in [0.25, 0.3) is 11.3 Å². The number of piperazine rings is 1. The summed E-state index contributed by atoms with van der Waals surface area (Å²) in [7, 11) is 0. The van der Waals surface area contributed by atoms with Gasteiger partial charge in [0.05, 0.1) is 30.2 Å². The number of urea groups is 1. The number of likely N-dealkylation sites (tertiary alicyclic amines) is 1. The molecule has 38 heavy (non-hydrogen) atoms. The number of piperidine rings is 1. The lowest BCUT2D eigenvalue weighted by molar-refractivity contribution is -0.0317. The minimum absolute atomic E-state index is 0.0971. The van der Waals surface area contributed by atoms with Crippen molar-refractivity contribution in [2.24, 2.45) is 0 Å². The molecule has 3 heterocycles. The normalized spacial score (nSPS) is 19.3. The first kappa shape index (κ1) is 25.5. The number of benzene rings is 2. The second-order valence-corrected chi connectivity index (χ2v) is 9.95. The van der Waals surface area contributed by atoms with E-state index in [0.717, 1.165) is 11.1 Å². The molecule has 2 saturated heterocycles. The molecule has 2 aliphatic rings. The fourth-order valence-electron chi connectivity index (χ4n) is 5.23. The monoisotopic (exact) mass is 517 g/mol. The minimum atomic E-state index is -1.14. The molecular weight excluding hydrogens is 486 g/mol. The molecule has 1 aromatic heterocycles. The van der Waals surface area contributed by atoms with Crippen LogP contribution in [0.1, 0.15) is 24.4 Å². The molecular formula is C28H31N5O5. The van der Waals surface area contributed by atoms with E-state index in [4.69, 9.17) is 0 Å². The third-order valence-electron chi connectivity index (χ3n) is 7.46. The number of amides is 3. The molecule has 1 atom stereocenters. The molecule has 2 N–H and O–H groups in total. The standard InChI is InChI=1S/C28H31N5O5/c34-25-17-23(21-7-3-1-4-8-21)29-20-32(25)19-28(38)11-13-30(14-12-28)26(35)33-16-15-31(27(36)37)18-24(33)22-9-5-2-6-10-22/h1-10,17,20,24,38H,11-16,18-19H2,(H,36,37). The maximum absolute atomic E-state index is 13.5. The Morgan fingerprint density at radius 2 is 1.58 bits per heavy atom. The Bertz CT molecular complexity index is 1340. The summed E-state index contributed by atoms with van der Waals surface area (Å²) in [6, 6.07) is 19.8. The van der Waals surface area contributed by atoms with Crippen LogP contribution in [0.4, 0.5) is 9.59 Å². The zero-order chi connectivity index (χ0) is 26.7. The highest BCUT2D eigenvalue weighted by Gasteiger charge is 2.39. The number of rotatable bonds is 4. The fourth-order valence-corrected chi connectivity index (χ4v) is 5.23. The van der Waals surface area contributed by atoms with Crippen LogP contribution < -0.4 is 5.56 Å². The second-order valence-electron chi connectivity index (χ2n) is 9.95. The average molecular weight is 518 g/mol. The van der Waals surface area contributed by atoms with E-state index in [1.54, 1.807) is 9.80 Å². The van der Waals surface area contributed by atoms with E-state index >= 15 is 0 Å². The van der Waals surface area contributed by atoms with Gasteiger partial charge in [0.1, 0.15) is 0 Å². The van der Waals surface area contributed by atoms with Gasteiger partial charge in [0.2, 0.25) is 0 Å². The van der Waals surface area contributed by atoms with Gasteiger partial charge in [-0.2, -0.15) is 0 Å². The highest BCUT2D eigenvalue weighted by atomic mass is 16.4. The number of carbonyl (C=O) groups excluding carboxylic acids is 1. The van der Waals surface area contributed by atoms with Crippen LogP contribution in [0, 0.1) is 0 Å². The summed E-state index contributed by atoms with van der Waals surface area (Å²) in [5, 5.41) is 20.8. The molecule has 0 aliphatic carbocycles. The lowest BCUT2D eigenvalue weighted by Crippen LogP contribution is -2.58. The Balaban J connectivity index is 1.25. The van der Waals surface area contributed by atoms with Crippen molar-refractivity contribution >= 4 is 12.1 Å². The lowest BCUT2D eigenvalue weighted by Gasteiger charge is -2.45. The number of carboxylic acid groups (broad SMARTS) is 1. The topological polar surface area (TPSA) is 119 Å². The molecule has 2 aromatic carbocycles. The van der Waals surface area contributed by atoms with Gasteiger partial charge in [-0.3, -0.25) is 9.36 Å². The lowest BCUT2D eigenvalue weighted by atomic mass is 9.91. The van der Waals surface area contributed by atoms with Crippen molar-refractivity contribution < 1.29 is 19.8 Å². The molecule has 0 saturated carbocycles. The van der Waals surface area contributed by atoms with Gasteiger partial charge in [-0.05, 0) is 18.4 Å². The quantitative estimate of drug-likeness (QED) is 0.549. The highest BCUT2D eigenvalue weighted by Crippen LogP contribution is 2.30. The number of carbonyl (C=O) groups is 2. The van der Waals surface area contributed by atoms with Gasteiger partial charge in [-0.15, -0.1) is 0 Å². The van der Waals surface area contributed by atoms with E-state index in [9.17, 15) is 24.6 Å². The molecule has 5 rings (SSSR count). The minimum Gasteiger partial charge on any atom is -0.465 e. The van der Waals surface area contributed by atoms with Crippen molar-refractivity contribution in [1.82, 2.24) is 24.3 Å². The van der Waals surface area contributed by atoms with Crippen LogP contribution in [0.2, 0.25) is 0 Å². The molecule has 10 nitrogen and oxygen atoms in total. The van der Waals surface area contributed by atoms with Crippen molar-refractivity contribution in [2.75, 3.05) is 32.7 Å². The summed E-state index contributed by atoms with van der Waals surface area (Å²) in [6.07, 6.45) is 1.10. The van der Waals surface area contributed by atoms with Crippen LogP contribution in [-0.4, -0.2) is 84.9 Å². The first-order valence-electron chi connectivity index (χ1n) is 12.8. The van der Waals surface area contributed by atoms with Crippen LogP contribution in [0.5, 0.6) is 0 Å². The van der Waals surface area contributed by atoms with E-state index < -0.39 is 11.7 Å². The Morgan fingerprint density at radius 3 is 2.21 bits per heavy atom. The maximum Gasteiger partial charge on any atom is 0.407 e. The number of nitrogens with zero attached hydrogens (tertiary/aromatic N) is 5. The van der Waals surface area contributed by atoms with Crippen molar-refractivity contribution in [3.05, 3.63) is 89.0 Å². The third kappa shape index (κ3) is 5.40. The van der Waals surface area contributed by atoms with Crippen LogP contribution in [0.3, 0.4) is 0 Å². The van der Waals surface area contributed by atoms with Crippen molar-refractivity contribution in [2.45, 2.75) is 31.0 Å². The summed E-state index contributed by atoms with van der Waals surface area (Å²) >= 11 is 0. The predicted octanol–water partition coefficient (Wildman–Crippen LogP) is 2.89. The number of hydrogen-bond donors (Lipinski definition) is 2. The molecule has 2 fully saturated rings. The van der Waals surface area contributed by atoms with Crippen LogP contribution in [-0.2, 0) is 6.54 Å². The molecule has 0 bridgehead atoms. The number of aromatic nitrogens is 2. The smallest absolute Gasteiger partial charge is 0.407 e. The Morgan fingerprint density at radius 1 is 0.921 bits per heavy atom. The predicted molar refractivity (Wildman–Crippen MR) is 141 cm³/mol. The van der Waals surface area contributed by atoms with Gasteiger partial charge in [0.25, 0.3) is 5.56 Å². The zero-order valence-electron chi connectivity index (χ0n) is 21.0. The van der Waals surface area contributed by atoms with Crippen molar-refractivity contribution in [3.8, 4) is 11.3 Å². The van der Waals surface area contributed by atoms with Crippen molar-refractivity contribution in [1.29, 1.82) is 0 Å². The van der Waals surface area contributed by atoms with Crippen molar-refractivity contribution in [3.63, 3.8) is 0 Å². The summed E-state index contributed by atoms with van der Waals surface area (Å²) in [6.45, 7) is 1.51. The molecule has 1 unspecified atom stereocenters. The van der Waals surface area contributed by atoms with Gasteiger partial charge < -0.3 is 24.9 Å². The van der Waals surface area contributed by atoms with Crippen LogP contribution >= 0.6 is 0 Å². The Labute approximate surface area is 220 Å². The summed E-state index contributed by atoms with van der Waals surface area (Å²) in [5.41, 5.74) is 0.923. The van der Waals surface area contributed by atoms with Gasteiger partial charge >= 0.3 is 12.1 Å². The molecule has 198 valence electrons. The third-order valence-corrected chi connectivity index (χ3v) is 7.46. The number of aliphatic hydroxyl groups is 1. The first-order valence-corrected chi connectivity index (χ1v) is 12.8. The average Bonchev–Trinajstić information content (AvgIpc) is 2.95. The molecule has 2 aliphatic heterocycles. The van der Waals surface area contributed by atoms with E-state index in [1.807, 2.05) is 60.7 Å². The summed E-state index contributed by atoms with van der Waals surface area (Å²) in [4.78, 5) is 47.1.